The van der Waals surface area contributed by atoms with Gasteiger partial charge in [-0.3, -0.25) is 7.58 Å². The SMILES string of the molecule is CC(=O)NCC1CCC(c2nc(-c3cc4cccc(-c5cccs5)c4[nH]3)c3n2I=CN=C3N)CC1. The number of rotatable bonds is 5. The van der Waals surface area contributed by atoms with Crippen molar-refractivity contribution in [3.63, 3.8) is 0 Å². The standard InChI is InChI=1S/C26H27IN6OS/c1-15(34)29-13-16-7-9-17(10-8-16)26-32-23(24-25(28)30-14-27-33(24)26)20-12-18-4-2-5-19(22(18)31-20)21-6-3-11-35-21/h2-6,11-12,14,16-17,31H,7-10,13H2,1H3,(H2,28,30)(H,29,34). The van der Waals surface area contributed by atoms with E-state index in [1.807, 2.05) is 4.14 Å². The molecule has 1 aromatic carbocycles. The number of halogens is 1. The summed E-state index contributed by atoms with van der Waals surface area (Å²) in [5, 5.41) is 6.26. The summed E-state index contributed by atoms with van der Waals surface area (Å²) in [5.41, 5.74) is 11.6. The predicted molar refractivity (Wildman–Crippen MR) is 152 cm³/mol. The van der Waals surface area contributed by atoms with E-state index in [-0.39, 0.29) is 5.91 Å². The molecular formula is C26H27IN6OS. The van der Waals surface area contributed by atoms with Crippen LogP contribution in [0.15, 0.2) is 46.8 Å². The number of carbonyl (C=O) groups excluding carboxylic acids is 1. The molecule has 6 rings (SSSR count). The second-order valence-electron chi connectivity index (χ2n) is 9.24. The van der Waals surface area contributed by atoms with E-state index in [0.717, 1.165) is 60.7 Å². The van der Waals surface area contributed by atoms with Crippen molar-refractivity contribution in [2.45, 2.75) is 38.5 Å². The first-order valence-electron chi connectivity index (χ1n) is 11.9. The number of nitrogens with zero attached hydrogens (tertiary/aromatic N) is 3. The number of amidine groups is 1. The minimum atomic E-state index is -0.448. The first kappa shape index (κ1) is 22.7. The predicted octanol–water partition coefficient (Wildman–Crippen LogP) is 5.38. The zero-order valence-electron chi connectivity index (χ0n) is 19.4. The highest BCUT2D eigenvalue weighted by molar-refractivity contribution is 14.2. The van der Waals surface area contributed by atoms with Crippen LogP contribution in [0.3, 0.4) is 0 Å². The van der Waals surface area contributed by atoms with E-state index in [0.29, 0.717) is 17.7 Å². The summed E-state index contributed by atoms with van der Waals surface area (Å²) in [6.07, 6.45) is 4.36. The number of nitrogens with one attached hydrogen (secondary N) is 2. The number of aromatic nitrogens is 3. The van der Waals surface area contributed by atoms with E-state index in [1.54, 1.807) is 18.3 Å². The third kappa shape index (κ3) is 4.24. The second-order valence-corrected chi connectivity index (χ2v) is 12.3. The van der Waals surface area contributed by atoms with Gasteiger partial charge in [-0.25, -0.2) is 9.98 Å². The molecule has 35 heavy (non-hydrogen) atoms. The van der Waals surface area contributed by atoms with E-state index in [4.69, 9.17) is 10.7 Å². The zero-order valence-corrected chi connectivity index (χ0v) is 22.4. The van der Waals surface area contributed by atoms with Crippen molar-refractivity contribution in [2.75, 3.05) is 6.54 Å². The highest BCUT2D eigenvalue weighted by Crippen LogP contribution is 2.41. The average Bonchev–Trinajstić information content (AvgIpc) is 3.61. The Morgan fingerprint density at radius 3 is 2.89 bits per heavy atom. The van der Waals surface area contributed by atoms with Crippen LogP contribution >= 0.6 is 32.3 Å². The van der Waals surface area contributed by atoms with E-state index >= 15 is 0 Å². The van der Waals surface area contributed by atoms with Crippen molar-refractivity contribution in [1.82, 2.24) is 18.1 Å². The second kappa shape index (κ2) is 9.34. The number of fused-ring (bicyclic) bond motifs is 2. The fourth-order valence-electron chi connectivity index (χ4n) is 5.19. The zero-order chi connectivity index (χ0) is 23.9. The Morgan fingerprint density at radius 1 is 1.26 bits per heavy atom. The van der Waals surface area contributed by atoms with E-state index in [2.05, 4.69) is 59.9 Å². The number of nitrogens with two attached hydrogens (primary N) is 1. The van der Waals surface area contributed by atoms with Gasteiger partial charge in [0, 0.05) is 56.2 Å². The molecule has 0 radical (unpaired) electrons. The van der Waals surface area contributed by atoms with Gasteiger partial charge in [-0.15, -0.1) is 11.3 Å². The summed E-state index contributed by atoms with van der Waals surface area (Å²) in [7, 11) is 0. The number of hydrogen-bond acceptors (Lipinski definition) is 5. The maximum absolute atomic E-state index is 11.3. The molecule has 4 aromatic rings. The Hall–Kier alpha value is -2.79. The fraction of sp³-hybridized carbons (Fsp3) is 0.308. The Morgan fingerprint density at radius 2 is 2.11 bits per heavy atom. The van der Waals surface area contributed by atoms with Crippen LogP contribution in [0.2, 0.25) is 0 Å². The minimum Gasteiger partial charge on any atom is -0.382 e. The maximum Gasteiger partial charge on any atom is 0.216 e. The normalized spacial score (nSPS) is 19.7. The number of H-pyrrole nitrogens is 1. The molecule has 1 aliphatic carbocycles. The number of aromatic amines is 1. The smallest absolute Gasteiger partial charge is 0.216 e. The molecule has 2 aliphatic rings. The molecule has 9 heteroatoms. The number of amides is 1. The lowest BCUT2D eigenvalue weighted by molar-refractivity contribution is -0.119. The van der Waals surface area contributed by atoms with Gasteiger partial charge in [0.15, 0.2) is 5.84 Å². The molecular weight excluding hydrogens is 571 g/mol. The van der Waals surface area contributed by atoms with Crippen LogP contribution in [0.1, 0.15) is 50.0 Å². The molecule has 1 fully saturated rings. The van der Waals surface area contributed by atoms with Crippen molar-refractivity contribution in [1.29, 1.82) is 0 Å². The average molecular weight is 599 g/mol. The quantitative estimate of drug-likeness (QED) is 0.269. The van der Waals surface area contributed by atoms with Crippen molar-refractivity contribution >= 4 is 59.1 Å². The van der Waals surface area contributed by atoms with Gasteiger partial charge >= 0.3 is 0 Å². The van der Waals surface area contributed by atoms with Gasteiger partial charge in [-0.05, 0) is 49.1 Å². The number of benzene rings is 1. The lowest BCUT2D eigenvalue weighted by Gasteiger charge is -2.28. The lowest BCUT2D eigenvalue weighted by atomic mass is 9.81. The summed E-state index contributed by atoms with van der Waals surface area (Å²) in [5.74, 6) is 2.69. The molecule has 7 nitrogen and oxygen atoms in total. The summed E-state index contributed by atoms with van der Waals surface area (Å²) in [6, 6.07) is 12.8. The summed E-state index contributed by atoms with van der Waals surface area (Å²) >= 11 is 1.30. The molecule has 0 spiro atoms. The molecule has 1 saturated carbocycles. The molecule has 180 valence electrons. The highest BCUT2D eigenvalue weighted by atomic mass is 127. The largest absolute Gasteiger partial charge is 0.382 e. The monoisotopic (exact) mass is 598 g/mol. The first-order valence-corrected chi connectivity index (χ1v) is 15.0. The van der Waals surface area contributed by atoms with Gasteiger partial charge in [-0.1, -0.05) is 24.3 Å². The Bertz CT molecular complexity index is 1460. The highest BCUT2D eigenvalue weighted by Gasteiger charge is 2.31. The van der Waals surface area contributed by atoms with Crippen LogP contribution in [0.4, 0.5) is 0 Å². The summed E-state index contributed by atoms with van der Waals surface area (Å²) < 4.78 is 4.35. The molecule has 1 aliphatic heterocycles. The molecule has 1 amide bonds. The van der Waals surface area contributed by atoms with Gasteiger partial charge in [0.25, 0.3) is 0 Å². The van der Waals surface area contributed by atoms with Crippen LogP contribution < -0.4 is 11.1 Å². The molecule has 4 N–H and O–H groups in total. The van der Waals surface area contributed by atoms with Crippen molar-refractivity contribution < 1.29 is 4.79 Å². The molecule has 0 saturated heterocycles. The molecule has 0 atom stereocenters. The minimum absolute atomic E-state index is 0.0507. The third-order valence-corrected chi connectivity index (χ3v) is 9.93. The van der Waals surface area contributed by atoms with Gasteiger partial charge < -0.3 is 16.0 Å². The van der Waals surface area contributed by atoms with Gasteiger partial charge in [-0.2, -0.15) is 0 Å². The number of hydrogen-bond donors (Lipinski definition) is 3. The topological polar surface area (TPSA) is 101 Å². The molecule has 4 heterocycles. The van der Waals surface area contributed by atoms with Gasteiger partial charge in [0.2, 0.25) is 5.91 Å². The summed E-state index contributed by atoms with van der Waals surface area (Å²) in [4.78, 5) is 25.9. The van der Waals surface area contributed by atoms with Crippen molar-refractivity contribution in [3.8, 4) is 21.8 Å². The molecule has 3 aromatic heterocycles. The van der Waals surface area contributed by atoms with E-state index < -0.39 is 21.0 Å². The van der Waals surface area contributed by atoms with Gasteiger partial charge in [0.05, 0.1) is 15.3 Å². The van der Waals surface area contributed by atoms with Crippen LogP contribution in [0, 0.1) is 5.92 Å². The Labute approximate surface area is 218 Å². The van der Waals surface area contributed by atoms with Crippen molar-refractivity contribution in [2.24, 2.45) is 16.6 Å². The fourth-order valence-corrected chi connectivity index (χ4v) is 8.16. The van der Waals surface area contributed by atoms with Crippen LogP contribution in [-0.4, -0.2) is 35.2 Å². The van der Waals surface area contributed by atoms with Crippen LogP contribution in [0.25, 0.3) is 32.7 Å². The molecule has 0 unspecified atom stereocenters. The maximum atomic E-state index is 11.3. The lowest BCUT2D eigenvalue weighted by Crippen LogP contribution is -2.29. The van der Waals surface area contributed by atoms with Crippen LogP contribution in [0.5, 0.6) is 0 Å². The van der Waals surface area contributed by atoms with Gasteiger partial charge in [0.1, 0.15) is 17.2 Å². The number of imidazole rings is 1. The summed E-state index contributed by atoms with van der Waals surface area (Å²) in [6.45, 7) is 2.36. The van der Waals surface area contributed by atoms with E-state index in [9.17, 15) is 4.79 Å². The Balaban J connectivity index is 1.37. The number of thiophene rings is 1. The third-order valence-electron chi connectivity index (χ3n) is 6.97. The molecule has 0 bridgehead atoms. The first-order chi connectivity index (χ1) is 17.1. The number of para-hydroxylation sites is 1. The number of carbonyl (C=O) groups is 1. The number of aliphatic imine (C=N–C) groups is 1. The van der Waals surface area contributed by atoms with E-state index in [1.165, 1.54) is 15.8 Å². The van der Waals surface area contributed by atoms with Crippen molar-refractivity contribution in [3.05, 3.63) is 53.3 Å². The van der Waals surface area contributed by atoms with Crippen LogP contribution in [-0.2, 0) is 4.79 Å². The Kier molecular flexibility index (Phi) is 6.05.